The van der Waals surface area contributed by atoms with Gasteiger partial charge in [0.15, 0.2) is 5.78 Å². The molecule has 0 aromatic heterocycles. The van der Waals surface area contributed by atoms with Gasteiger partial charge in [-0.25, -0.2) is 0 Å². The van der Waals surface area contributed by atoms with Crippen molar-refractivity contribution in [3.8, 4) is 11.1 Å². The van der Waals surface area contributed by atoms with Crippen LogP contribution in [0.25, 0.3) is 16.7 Å². The van der Waals surface area contributed by atoms with E-state index in [9.17, 15) is 18.0 Å². The molecule has 32 heavy (non-hydrogen) atoms. The topological polar surface area (TPSA) is 20.3 Å². The summed E-state index contributed by atoms with van der Waals surface area (Å²) >= 11 is 6.05. The normalized spacial score (nSPS) is 14.8. The summed E-state index contributed by atoms with van der Waals surface area (Å²) < 4.78 is 38.9. The standard InChI is InChI=1S/C26H21ClF3NO/c27-24-6-2-4-22(16-24)18-7-9-20(10-8-18)25(32)17-31-13-11-19(12-14-31)21-3-1-5-23(15-21)26(28,29)30/h1-11,15-16H,12-14,17H2. The highest BCUT2D eigenvalue weighted by molar-refractivity contribution is 6.30. The van der Waals surface area contributed by atoms with Crippen molar-refractivity contribution < 1.29 is 18.0 Å². The summed E-state index contributed by atoms with van der Waals surface area (Å²) in [7, 11) is 0. The second-order valence-corrected chi connectivity index (χ2v) is 8.24. The van der Waals surface area contributed by atoms with Crippen LogP contribution in [0.3, 0.4) is 0 Å². The van der Waals surface area contributed by atoms with E-state index in [4.69, 9.17) is 11.6 Å². The zero-order chi connectivity index (χ0) is 22.7. The van der Waals surface area contributed by atoms with E-state index in [0.717, 1.165) is 22.8 Å². The molecule has 1 heterocycles. The number of carbonyl (C=O) groups is 1. The molecule has 0 radical (unpaired) electrons. The van der Waals surface area contributed by atoms with Crippen LogP contribution in [0, 0.1) is 0 Å². The molecule has 0 saturated heterocycles. The number of benzene rings is 3. The lowest BCUT2D eigenvalue weighted by Crippen LogP contribution is -2.33. The van der Waals surface area contributed by atoms with Crippen LogP contribution in [-0.2, 0) is 6.18 Å². The lowest BCUT2D eigenvalue weighted by molar-refractivity contribution is -0.137. The van der Waals surface area contributed by atoms with Gasteiger partial charge in [0.1, 0.15) is 0 Å². The Morgan fingerprint density at radius 3 is 2.28 bits per heavy atom. The molecule has 0 fully saturated rings. The molecule has 0 N–H and O–H groups in total. The van der Waals surface area contributed by atoms with Gasteiger partial charge in [0, 0.05) is 23.7 Å². The van der Waals surface area contributed by atoms with Gasteiger partial charge in [0.25, 0.3) is 0 Å². The fraction of sp³-hybridized carbons (Fsp3) is 0.192. The highest BCUT2D eigenvalue weighted by Gasteiger charge is 2.30. The predicted octanol–water partition coefficient (Wildman–Crippen LogP) is 7.00. The number of hydrogen-bond acceptors (Lipinski definition) is 2. The molecule has 0 spiro atoms. The average Bonchev–Trinajstić information content (AvgIpc) is 2.79. The first-order chi connectivity index (χ1) is 15.3. The maximum atomic E-state index is 13.0. The maximum absolute atomic E-state index is 13.0. The molecule has 0 bridgehead atoms. The number of Topliss-reactive ketones (excluding diaryl/α,β-unsaturated/α-hetero) is 1. The summed E-state index contributed by atoms with van der Waals surface area (Å²) in [4.78, 5) is 14.7. The number of hydrogen-bond donors (Lipinski definition) is 0. The molecule has 0 aliphatic carbocycles. The van der Waals surface area contributed by atoms with Crippen LogP contribution < -0.4 is 0 Å². The maximum Gasteiger partial charge on any atom is 0.416 e. The Labute approximate surface area is 189 Å². The van der Waals surface area contributed by atoms with Crippen molar-refractivity contribution in [2.45, 2.75) is 12.6 Å². The second kappa shape index (κ2) is 9.31. The summed E-state index contributed by atoms with van der Waals surface area (Å²) in [6.07, 6.45) is -1.84. The van der Waals surface area contributed by atoms with E-state index in [1.807, 2.05) is 59.5 Å². The van der Waals surface area contributed by atoms with Crippen LogP contribution in [0.2, 0.25) is 5.02 Å². The molecule has 1 aliphatic rings. The van der Waals surface area contributed by atoms with Crippen LogP contribution >= 0.6 is 11.6 Å². The Morgan fingerprint density at radius 1 is 0.906 bits per heavy atom. The quantitative estimate of drug-likeness (QED) is 0.386. The van der Waals surface area contributed by atoms with Crippen molar-refractivity contribution in [3.63, 3.8) is 0 Å². The molecule has 0 saturated carbocycles. The van der Waals surface area contributed by atoms with Gasteiger partial charge < -0.3 is 0 Å². The fourth-order valence-electron chi connectivity index (χ4n) is 3.82. The van der Waals surface area contributed by atoms with Gasteiger partial charge in [-0.2, -0.15) is 13.2 Å². The highest BCUT2D eigenvalue weighted by Crippen LogP contribution is 2.32. The van der Waals surface area contributed by atoms with Crippen LogP contribution in [0.1, 0.15) is 27.9 Å². The Kier molecular flexibility index (Phi) is 6.49. The van der Waals surface area contributed by atoms with Crippen molar-refractivity contribution in [2.75, 3.05) is 19.6 Å². The molecule has 3 aromatic carbocycles. The van der Waals surface area contributed by atoms with Crippen molar-refractivity contribution >= 4 is 23.0 Å². The van der Waals surface area contributed by atoms with Crippen molar-refractivity contribution in [2.24, 2.45) is 0 Å². The number of alkyl halides is 3. The number of halogens is 4. The first-order valence-electron chi connectivity index (χ1n) is 10.3. The Balaban J connectivity index is 1.39. The lowest BCUT2D eigenvalue weighted by Gasteiger charge is -2.26. The fourth-order valence-corrected chi connectivity index (χ4v) is 4.01. The Hall–Kier alpha value is -2.89. The molecule has 0 unspecified atom stereocenters. The largest absolute Gasteiger partial charge is 0.416 e. The van der Waals surface area contributed by atoms with E-state index < -0.39 is 11.7 Å². The van der Waals surface area contributed by atoms with E-state index in [-0.39, 0.29) is 12.3 Å². The zero-order valence-corrected chi connectivity index (χ0v) is 18.0. The number of rotatable bonds is 5. The monoisotopic (exact) mass is 455 g/mol. The van der Waals surface area contributed by atoms with E-state index in [1.54, 1.807) is 6.07 Å². The molecule has 164 valence electrons. The Morgan fingerprint density at radius 2 is 1.62 bits per heavy atom. The van der Waals surface area contributed by atoms with Crippen LogP contribution in [0.4, 0.5) is 13.2 Å². The SMILES string of the molecule is O=C(CN1CC=C(c2cccc(C(F)(F)F)c2)CC1)c1ccc(-c2cccc(Cl)c2)cc1. The molecule has 4 rings (SSSR count). The molecule has 2 nitrogen and oxygen atoms in total. The summed E-state index contributed by atoms with van der Waals surface area (Å²) in [5, 5.41) is 0.658. The lowest BCUT2D eigenvalue weighted by atomic mass is 9.97. The third-order valence-electron chi connectivity index (χ3n) is 5.59. The van der Waals surface area contributed by atoms with Gasteiger partial charge in [-0.1, -0.05) is 66.2 Å². The summed E-state index contributed by atoms with van der Waals surface area (Å²) in [5.74, 6) is 0.0126. The molecule has 3 aromatic rings. The molecule has 0 atom stereocenters. The van der Waals surface area contributed by atoms with Crippen molar-refractivity contribution in [1.82, 2.24) is 4.90 Å². The molecule has 0 amide bonds. The van der Waals surface area contributed by atoms with Crippen LogP contribution in [-0.4, -0.2) is 30.3 Å². The third-order valence-corrected chi connectivity index (χ3v) is 5.82. The summed E-state index contributed by atoms with van der Waals surface area (Å²) in [6, 6.07) is 20.4. The number of ketones is 1. The van der Waals surface area contributed by atoms with E-state index >= 15 is 0 Å². The van der Waals surface area contributed by atoms with Crippen LogP contribution in [0.5, 0.6) is 0 Å². The first-order valence-corrected chi connectivity index (χ1v) is 10.7. The predicted molar refractivity (Wildman–Crippen MR) is 122 cm³/mol. The number of nitrogens with zero attached hydrogens (tertiary/aromatic N) is 1. The summed E-state index contributed by atoms with van der Waals surface area (Å²) in [6.45, 7) is 1.41. The minimum atomic E-state index is -4.36. The minimum Gasteiger partial charge on any atom is -0.293 e. The Bertz CT molecular complexity index is 1150. The van der Waals surface area contributed by atoms with Crippen LogP contribution in [0.15, 0.2) is 78.9 Å². The third kappa shape index (κ3) is 5.29. The number of carbonyl (C=O) groups excluding carboxylic acids is 1. The van der Waals surface area contributed by atoms with Crippen molar-refractivity contribution in [3.05, 3.63) is 101 Å². The van der Waals surface area contributed by atoms with Gasteiger partial charge in [0.2, 0.25) is 0 Å². The van der Waals surface area contributed by atoms with Gasteiger partial charge in [-0.3, -0.25) is 9.69 Å². The van der Waals surface area contributed by atoms with Gasteiger partial charge in [0.05, 0.1) is 12.1 Å². The molecular weight excluding hydrogens is 435 g/mol. The first kappa shape index (κ1) is 22.3. The highest BCUT2D eigenvalue weighted by atomic mass is 35.5. The van der Waals surface area contributed by atoms with Gasteiger partial charge >= 0.3 is 6.18 Å². The van der Waals surface area contributed by atoms with E-state index in [0.29, 0.717) is 35.7 Å². The summed E-state index contributed by atoms with van der Waals surface area (Å²) in [5.41, 5.74) is 3.42. The van der Waals surface area contributed by atoms with Crippen molar-refractivity contribution in [1.29, 1.82) is 0 Å². The average molecular weight is 456 g/mol. The smallest absolute Gasteiger partial charge is 0.293 e. The molecule has 1 aliphatic heterocycles. The van der Waals surface area contributed by atoms with E-state index in [2.05, 4.69) is 0 Å². The second-order valence-electron chi connectivity index (χ2n) is 7.80. The zero-order valence-electron chi connectivity index (χ0n) is 17.2. The van der Waals surface area contributed by atoms with Gasteiger partial charge in [-0.15, -0.1) is 0 Å². The molecule has 6 heteroatoms. The minimum absolute atomic E-state index is 0.0126. The molecular formula is C26H21ClF3NO. The van der Waals surface area contributed by atoms with E-state index in [1.165, 1.54) is 12.1 Å². The van der Waals surface area contributed by atoms with Gasteiger partial charge in [-0.05, 0) is 52.9 Å².